The number of piperidine rings is 1. The highest BCUT2D eigenvalue weighted by molar-refractivity contribution is 5.77. The van der Waals surface area contributed by atoms with E-state index >= 15 is 0 Å². The van der Waals surface area contributed by atoms with Crippen molar-refractivity contribution >= 4 is 12.2 Å². The molecule has 102 valence electrons. The van der Waals surface area contributed by atoms with Gasteiger partial charge >= 0.3 is 0 Å². The first-order valence-corrected chi connectivity index (χ1v) is 7.01. The van der Waals surface area contributed by atoms with Crippen LogP contribution in [0.3, 0.4) is 0 Å². The van der Waals surface area contributed by atoms with E-state index in [1.807, 2.05) is 17.0 Å². The van der Waals surface area contributed by atoms with Crippen LogP contribution in [0.2, 0.25) is 0 Å². The molecule has 1 saturated heterocycles. The summed E-state index contributed by atoms with van der Waals surface area (Å²) < 4.78 is 0. The molecule has 0 spiro atoms. The minimum Gasteiger partial charge on any atom is -0.343 e. The molecule has 0 bridgehead atoms. The quantitative estimate of drug-likeness (QED) is 0.780. The molecule has 1 aromatic carbocycles. The maximum absolute atomic E-state index is 12.1. The van der Waals surface area contributed by atoms with E-state index in [0.717, 1.165) is 50.1 Å². The molecule has 1 aliphatic heterocycles. The number of hydrogen-bond donors (Lipinski definition) is 0. The molecule has 2 rings (SSSR count). The Morgan fingerprint density at radius 3 is 2.47 bits per heavy atom. The lowest BCUT2D eigenvalue weighted by Gasteiger charge is -2.30. The largest absolute Gasteiger partial charge is 0.343 e. The number of carbonyl (C=O) groups excluding carboxylic acids is 2. The van der Waals surface area contributed by atoms with Crippen LogP contribution >= 0.6 is 0 Å². The smallest absolute Gasteiger partial charge is 0.222 e. The van der Waals surface area contributed by atoms with Gasteiger partial charge in [0.1, 0.15) is 6.29 Å². The molecular weight excluding hydrogens is 238 g/mol. The number of carbonyl (C=O) groups is 2. The lowest BCUT2D eigenvalue weighted by molar-refractivity contribution is -0.132. The van der Waals surface area contributed by atoms with E-state index in [1.165, 1.54) is 0 Å². The van der Waals surface area contributed by atoms with Crippen LogP contribution in [-0.2, 0) is 11.2 Å². The van der Waals surface area contributed by atoms with Crippen LogP contribution in [0.1, 0.15) is 42.1 Å². The SMILES string of the molecule is CC1CCN(C(=O)CCc2ccc(C=O)cc2)CC1. The molecule has 1 heterocycles. The normalized spacial score (nSPS) is 16.4. The number of benzene rings is 1. The summed E-state index contributed by atoms with van der Waals surface area (Å²) in [4.78, 5) is 24.6. The Kier molecular flexibility index (Phi) is 4.72. The van der Waals surface area contributed by atoms with Crippen molar-refractivity contribution in [2.75, 3.05) is 13.1 Å². The zero-order valence-corrected chi connectivity index (χ0v) is 11.5. The number of likely N-dealkylation sites (tertiary alicyclic amines) is 1. The zero-order chi connectivity index (χ0) is 13.7. The molecule has 0 aliphatic carbocycles. The fraction of sp³-hybridized carbons (Fsp3) is 0.500. The highest BCUT2D eigenvalue weighted by Gasteiger charge is 2.19. The van der Waals surface area contributed by atoms with E-state index in [4.69, 9.17) is 0 Å². The fourth-order valence-corrected chi connectivity index (χ4v) is 2.43. The van der Waals surface area contributed by atoms with Crippen molar-refractivity contribution in [2.45, 2.75) is 32.6 Å². The van der Waals surface area contributed by atoms with Crippen LogP contribution in [0.5, 0.6) is 0 Å². The van der Waals surface area contributed by atoms with Crippen molar-refractivity contribution in [1.82, 2.24) is 4.90 Å². The van der Waals surface area contributed by atoms with Gasteiger partial charge in [0.15, 0.2) is 0 Å². The number of amides is 1. The third-order valence-electron chi connectivity index (χ3n) is 3.88. The van der Waals surface area contributed by atoms with E-state index in [2.05, 4.69) is 6.92 Å². The summed E-state index contributed by atoms with van der Waals surface area (Å²) in [7, 11) is 0. The van der Waals surface area contributed by atoms with Gasteiger partial charge in [-0.05, 0) is 30.7 Å². The van der Waals surface area contributed by atoms with Crippen LogP contribution in [-0.4, -0.2) is 30.2 Å². The molecule has 1 aromatic rings. The predicted octanol–water partition coefficient (Wildman–Crippen LogP) is 2.69. The van der Waals surface area contributed by atoms with E-state index in [1.54, 1.807) is 12.1 Å². The minimum atomic E-state index is 0.256. The van der Waals surface area contributed by atoms with E-state index in [0.29, 0.717) is 12.0 Å². The molecule has 19 heavy (non-hydrogen) atoms. The van der Waals surface area contributed by atoms with Crippen molar-refractivity contribution in [2.24, 2.45) is 5.92 Å². The topological polar surface area (TPSA) is 37.4 Å². The Morgan fingerprint density at radius 1 is 1.26 bits per heavy atom. The number of rotatable bonds is 4. The second-order valence-corrected chi connectivity index (χ2v) is 5.42. The first-order valence-electron chi connectivity index (χ1n) is 7.01. The Labute approximate surface area is 114 Å². The Balaban J connectivity index is 1.80. The molecule has 0 unspecified atom stereocenters. The first-order chi connectivity index (χ1) is 9.19. The second-order valence-electron chi connectivity index (χ2n) is 5.42. The van der Waals surface area contributed by atoms with Gasteiger partial charge in [-0.2, -0.15) is 0 Å². The molecular formula is C16H21NO2. The van der Waals surface area contributed by atoms with Gasteiger partial charge in [-0.25, -0.2) is 0 Å². The van der Waals surface area contributed by atoms with E-state index in [9.17, 15) is 9.59 Å². The van der Waals surface area contributed by atoms with Crippen LogP contribution in [0.15, 0.2) is 24.3 Å². The summed E-state index contributed by atoms with van der Waals surface area (Å²) in [5.74, 6) is 1.01. The Hall–Kier alpha value is -1.64. The summed E-state index contributed by atoms with van der Waals surface area (Å²) in [6, 6.07) is 7.45. The van der Waals surface area contributed by atoms with Crippen molar-refractivity contribution in [3.8, 4) is 0 Å². The summed E-state index contributed by atoms with van der Waals surface area (Å²) in [5, 5.41) is 0. The number of aldehydes is 1. The minimum absolute atomic E-state index is 0.256. The van der Waals surface area contributed by atoms with Crippen LogP contribution in [0.25, 0.3) is 0 Å². The van der Waals surface area contributed by atoms with Crippen molar-refractivity contribution < 1.29 is 9.59 Å². The van der Waals surface area contributed by atoms with Gasteiger partial charge in [0.05, 0.1) is 0 Å². The monoisotopic (exact) mass is 259 g/mol. The number of hydrogen-bond acceptors (Lipinski definition) is 2. The van der Waals surface area contributed by atoms with Crippen LogP contribution < -0.4 is 0 Å². The van der Waals surface area contributed by atoms with Gasteiger partial charge < -0.3 is 4.90 Å². The molecule has 3 heteroatoms. The molecule has 1 aliphatic rings. The van der Waals surface area contributed by atoms with Gasteiger partial charge in [-0.3, -0.25) is 9.59 Å². The first kappa shape index (κ1) is 13.8. The maximum atomic E-state index is 12.1. The number of nitrogens with zero attached hydrogens (tertiary/aromatic N) is 1. The second kappa shape index (κ2) is 6.50. The fourth-order valence-electron chi connectivity index (χ4n) is 2.43. The molecule has 1 amide bonds. The molecule has 0 N–H and O–H groups in total. The average molecular weight is 259 g/mol. The highest BCUT2D eigenvalue weighted by Crippen LogP contribution is 2.17. The third-order valence-corrected chi connectivity index (χ3v) is 3.88. The van der Waals surface area contributed by atoms with Gasteiger partial charge in [0.25, 0.3) is 0 Å². The Bertz CT molecular complexity index is 431. The maximum Gasteiger partial charge on any atom is 0.222 e. The lowest BCUT2D eigenvalue weighted by Crippen LogP contribution is -2.37. The van der Waals surface area contributed by atoms with Crippen molar-refractivity contribution in [3.63, 3.8) is 0 Å². The van der Waals surface area contributed by atoms with Gasteiger partial charge in [-0.1, -0.05) is 31.2 Å². The Morgan fingerprint density at radius 2 is 1.89 bits per heavy atom. The standard InChI is InChI=1S/C16H21NO2/c1-13-8-10-17(11-9-13)16(19)7-6-14-2-4-15(12-18)5-3-14/h2-5,12-13H,6-11H2,1H3. The molecule has 0 aromatic heterocycles. The van der Waals surface area contributed by atoms with Crippen molar-refractivity contribution in [3.05, 3.63) is 35.4 Å². The van der Waals surface area contributed by atoms with Gasteiger partial charge in [0, 0.05) is 25.1 Å². The lowest BCUT2D eigenvalue weighted by atomic mass is 9.98. The van der Waals surface area contributed by atoms with Gasteiger partial charge in [-0.15, -0.1) is 0 Å². The van der Waals surface area contributed by atoms with Crippen molar-refractivity contribution in [1.29, 1.82) is 0 Å². The van der Waals surface area contributed by atoms with E-state index < -0.39 is 0 Å². The number of aryl methyl sites for hydroxylation is 1. The summed E-state index contributed by atoms with van der Waals surface area (Å²) in [5.41, 5.74) is 1.80. The third kappa shape index (κ3) is 3.91. The highest BCUT2D eigenvalue weighted by atomic mass is 16.2. The van der Waals surface area contributed by atoms with Gasteiger partial charge in [0.2, 0.25) is 5.91 Å². The molecule has 0 atom stereocenters. The summed E-state index contributed by atoms with van der Waals surface area (Å²) in [6.07, 6.45) is 4.40. The van der Waals surface area contributed by atoms with Crippen LogP contribution in [0, 0.1) is 5.92 Å². The summed E-state index contributed by atoms with van der Waals surface area (Å²) >= 11 is 0. The molecule has 0 radical (unpaired) electrons. The predicted molar refractivity (Wildman–Crippen MR) is 75.1 cm³/mol. The molecule has 0 saturated carbocycles. The zero-order valence-electron chi connectivity index (χ0n) is 11.5. The van der Waals surface area contributed by atoms with E-state index in [-0.39, 0.29) is 5.91 Å². The average Bonchev–Trinajstić information content (AvgIpc) is 2.46. The molecule has 3 nitrogen and oxygen atoms in total. The van der Waals surface area contributed by atoms with Crippen LogP contribution in [0.4, 0.5) is 0 Å². The summed E-state index contributed by atoms with van der Waals surface area (Å²) in [6.45, 7) is 4.06. The molecule has 1 fully saturated rings.